The van der Waals surface area contributed by atoms with Crippen molar-refractivity contribution in [3.63, 3.8) is 0 Å². The monoisotopic (exact) mass is 1110 g/mol. The third-order valence-corrected chi connectivity index (χ3v) is 15.0. The molecule has 0 amide bonds. The molecule has 3 unspecified atom stereocenters. The summed E-state index contributed by atoms with van der Waals surface area (Å²) in [6.07, 6.45) is 28.7. The Balaban J connectivity index is 5.15. The molecule has 0 saturated carbocycles. The number of carbonyl (C=O) groups is 4. The molecule has 0 saturated heterocycles. The number of aliphatic hydroxyl groups is 1. The van der Waals surface area contributed by atoms with Gasteiger partial charge in [-0.1, -0.05) is 215 Å². The summed E-state index contributed by atoms with van der Waals surface area (Å²) in [4.78, 5) is 71.3. The fraction of sp³-hybridized carbons (Fsp3) is 0.929. The summed E-state index contributed by atoms with van der Waals surface area (Å²) < 4.78 is 67.2. The van der Waals surface area contributed by atoms with Gasteiger partial charge in [0.2, 0.25) is 0 Å². The number of carbonyl (C=O) groups excluding carboxylic acids is 4. The Morgan fingerprint density at radius 1 is 0.387 bits per heavy atom. The highest BCUT2D eigenvalue weighted by molar-refractivity contribution is 7.47. The first kappa shape index (κ1) is 73.1. The number of ether oxygens (including phenoxy) is 4. The van der Waals surface area contributed by atoms with E-state index in [1.54, 1.807) is 0 Å². The summed E-state index contributed by atoms with van der Waals surface area (Å²) in [7, 11) is -9.85. The zero-order chi connectivity index (χ0) is 55.8. The first-order chi connectivity index (χ1) is 35.9. The van der Waals surface area contributed by atoms with E-state index in [2.05, 4.69) is 41.5 Å². The number of hydrogen-bond acceptors (Lipinski definition) is 15. The molecule has 0 bridgehead atoms. The van der Waals surface area contributed by atoms with E-state index in [1.807, 2.05) is 0 Å². The number of hydrogen-bond donors (Lipinski definition) is 3. The van der Waals surface area contributed by atoms with Gasteiger partial charge in [-0.25, -0.2) is 9.13 Å². The molecular formula is C56H108O17P2. The highest BCUT2D eigenvalue weighted by Gasteiger charge is 2.30. The maximum Gasteiger partial charge on any atom is 0.472 e. The maximum atomic E-state index is 12.9. The lowest BCUT2D eigenvalue weighted by Crippen LogP contribution is -2.30. The number of unbranched alkanes of at least 4 members (excludes halogenated alkanes) is 24. The minimum atomic E-state index is -4.93. The number of esters is 4. The van der Waals surface area contributed by atoms with E-state index in [0.29, 0.717) is 25.7 Å². The van der Waals surface area contributed by atoms with Crippen LogP contribution in [0.15, 0.2) is 0 Å². The Bertz CT molecular complexity index is 1500. The molecule has 0 aliphatic rings. The maximum absolute atomic E-state index is 12.9. The van der Waals surface area contributed by atoms with Crippen LogP contribution in [0.1, 0.15) is 266 Å². The van der Waals surface area contributed by atoms with Crippen LogP contribution < -0.4 is 0 Å². The Morgan fingerprint density at radius 3 is 1.01 bits per heavy atom. The summed E-state index contributed by atoms with van der Waals surface area (Å²) in [5.41, 5.74) is 0. The third-order valence-electron chi connectivity index (χ3n) is 13.1. The fourth-order valence-electron chi connectivity index (χ4n) is 8.08. The van der Waals surface area contributed by atoms with Gasteiger partial charge in [-0.2, -0.15) is 0 Å². The first-order valence-corrected chi connectivity index (χ1v) is 32.5. The van der Waals surface area contributed by atoms with Gasteiger partial charge >= 0.3 is 39.5 Å². The van der Waals surface area contributed by atoms with Crippen LogP contribution >= 0.6 is 15.6 Å². The summed E-state index contributed by atoms with van der Waals surface area (Å²) in [6, 6.07) is 0. The molecule has 3 N–H and O–H groups in total. The van der Waals surface area contributed by atoms with Gasteiger partial charge < -0.3 is 33.8 Å². The summed E-state index contributed by atoms with van der Waals surface area (Å²) in [6.45, 7) is 9.23. The largest absolute Gasteiger partial charge is 0.472 e. The highest BCUT2D eigenvalue weighted by Crippen LogP contribution is 2.45. The SMILES string of the molecule is CCCCCCCC(=O)OC[C@H](COP(=O)(O)OC[C@H](O)COP(=O)(O)OC[C@@H](COC(=O)CCCCCCCCCCC(C)C)OC(=O)CCCCCCCCCCCCC(C)CC)OC(=O)CCCCCCC. The lowest BCUT2D eigenvalue weighted by molar-refractivity contribution is -0.161. The predicted octanol–water partition coefficient (Wildman–Crippen LogP) is 14.5. The molecule has 444 valence electrons. The van der Waals surface area contributed by atoms with Crippen LogP contribution in [0.25, 0.3) is 0 Å². The second kappa shape index (κ2) is 49.1. The van der Waals surface area contributed by atoms with Crippen molar-refractivity contribution in [2.45, 2.75) is 285 Å². The van der Waals surface area contributed by atoms with E-state index < -0.39 is 97.5 Å². The topological polar surface area (TPSA) is 237 Å². The molecule has 0 aromatic rings. The lowest BCUT2D eigenvalue weighted by atomic mass is 9.99. The molecule has 0 radical (unpaired) electrons. The summed E-state index contributed by atoms with van der Waals surface area (Å²) in [5.74, 6) is -0.639. The Kier molecular flexibility index (Phi) is 47.9. The molecule has 0 spiro atoms. The Hall–Kier alpha value is -1.94. The third kappa shape index (κ3) is 50.1. The van der Waals surface area contributed by atoms with Crippen molar-refractivity contribution < 1.29 is 80.2 Å². The highest BCUT2D eigenvalue weighted by atomic mass is 31.2. The van der Waals surface area contributed by atoms with E-state index in [4.69, 9.17) is 37.0 Å². The van der Waals surface area contributed by atoms with Gasteiger partial charge in [0.15, 0.2) is 12.2 Å². The van der Waals surface area contributed by atoms with Crippen LogP contribution in [-0.2, 0) is 65.4 Å². The van der Waals surface area contributed by atoms with Crippen LogP contribution in [0.4, 0.5) is 0 Å². The smallest absolute Gasteiger partial charge is 0.462 e. The van der Waals surface area contributed by atoms with Gasteiger partial charge in [-0.05, 0) is 37.5 Å². The van der Waals surface area contributed by atoms with E-state index >= 15 is 0 Å². The van der Waals surface area contributed by atoms with Crippen molar-refractivity contribution in [3.05, 3.63) is 0 Å². The molecule has 0 rings (SSSR count). The van der Waals surface area contributed by atoms with Crippen molar-refractivity contribution in [2.75, 3.05) is 39.6 Å². The molecule has 0 aliphatic carbocycles. The van der Waals surface area contributed by atoms with Crippen molar-refractivity contribution in [2.24, 2.45) is 11.8 Å². The number of aliphatic hydroxyl groups excluding tert-OH is 1. The van der Waals surface area contributed by atoms with E-state index in [0.717, 1.165) is 108 Å². The van der Waals surface area contributed by atoms with Gasteiger partial charge in [0.25, 0.3) is 0 Å². The average molecular weight is 1120 g/mol. The minimum absolute atomic E-state index is 0.0983. The second-order valence-electron chi connectivity index (χ2n) is 21.0. The van der Waals surface area contributed by atoms with E-state index in [1.165, 1.54) is 77.0 Å². The molecule has 19 heteroatoms. The van der Waals surface area contributed by atoms with Crippen LogP contribution in [0.2, 0.25) is 0 Å². The van der Waals surface area contributed by atoms with Crippen molar-refractivity contribution in [3.8, 4) is 0 Å². The summed E-state index contributed by atoms with van der Waals surface area (Å²) in [5, 5.41) is 10.4. The standard InChI is InChI=1S/C56H108O17P2/c1-7-10-12-24-32-38-53(58)66-44-51(72-55(60)40-34-25-13-11-8-2)46-70-74(62,63)68-42-50(57)43-69-75(64,65)71-47-52(45-67-54(59)39-33-28-22-19-18-20-26-30-36-48(4)5)73-56(61)41-35-29-23-17-15-14-16-21-27-31-37-49(6)9-3/h48-52,57H,7-47H2,1-6H3,(H,62,63)(H,64,65)/t49?,50-,51+,52+/m0/s1. The lowest BCUT2D eigenvalue weighted by Gasteiger charge is -2.21. The predicted molar refractivity (Wildman–Crippen MR) is 294 cm³/mol. The van der Waals surface area contributed by atoms with E-state index in [9.17, 15) is 43.2 Å². The van der Waals surface area contributed by atoms with E-state index in [-0.39, 0.29) is 25.7 Å². The van der Waals surface area contributed by atoms with Crippen LogP contribution in [0.5, 0.6) is 0 Å². The van der Waals surface area contributed by atoms with Gasteiger partial charge in [0, 0.05) is 25.7 Å². The molecule has 75 heavy (non-hydrogen) atoms. The number of rotatable bonds is 55. The Morgan fingerprint density at radius 2 is 0.680 bits per heavy atom. The molecule has 0 heterocycles. The number of phosphoric ester groups is 2. The molecule has 0 fully saturated rings. The van der Waals surface area contributed by atoms with Crippen LogP contribution in [-0.4, -0.2) is 96.7 Å². The molecule has 0 aromatic heterocycles. The zero-order valence-electron chi connectivity index (χ0n) is 47.8. The van der Waals surface area contributed by atoms with Crippen molar-refractivity contribution in [1.82, 2.24) is 0 Å². The van der Waals surface area contributed by atoms with Gasteiger partial charge in [-0.3, -0.25) is 37.3 Å². The molecule has 0 aromatic carbocycles. The van der Waals surface area contributed by atoms with Crippen LogP contribution in [0, 0.1) is 11.8 Å². The zero-order valence-corrected chi connectivity index (χ0v) is 49.6. The normalized spacial score (nSPS) is 14.9. The van der Waals surface area contributed by atoms with Crippen LogP contribution in [0.3, 0.4) is 0 Å². The summed E-state index contributed by atoms with van der Waals surface area (Å²) >= 11 is 0. The number of phosphoric acid groups is 2. The average Bonchev–Trinajstić information content (AvgIpc) is 3.37. The minimum Gasteiger partial charge on any atom is -0.462 e. The quantitative estimate of drug-likeness (QED) is 0.0222. The van der Waals surface area contributed by atoms with Gasteiger partial charge in [0.05, 0.1) is 26.4 Å². The van der Waals surface area contributed by atoms with Crippen molar-refractivity contribution >= 4 is 39.5 Å². The Labute approximate surface area is 454 Å². The van der Waals surface area contributed by atoms with Gasteiger partial charge in [0.1, 0.15) is 19.3 Å². The molecule has 0 aliphatic heterocycles. The second-order valence-corrected chi connectivity index (χ2v) is 23.9. The fourth-order valence-corrected chi connectivity index (χ4v) is 9.66. The van der Waals surface area contributed by atoms with Crippen molar-refractivity contribution in [1.29, 1.82) is 0 Å². The molecule has 6 atom stereocenters. The molecule has 17 nitrogen and oxygen atoms in total. The molecular weight excluding hydrogens is 1010 g/mol. The first-order valence-electron chi connectivity index (χ1n) is 29.5. The van der Waals surface area contributed by atoms with Gasteiger partial charge in [-0.15, -0.1) is 0 Å².